The van der Waals surface area contributed by atoms with Crippen LogP contribution in [0.1, 0.15) is 18.1 Å². The van der Waals surface area contributed by atoms with Crippen LogP contribution in [0, 0.1) is 11.7 Å². The first kappa shape index (κ1) is 17.9. The van der Waals surface area contributed by atoms with Gasteiger partial charge in [0.25, 0.3) is 0 Å². The van der Waals surface area contributed by atoms with E-state index in [-0.39, 0.29) is 0 Å². The van der Waals surface area contributed by atoms with Gasteiger partial charge >= 0.3 is 0 Å². The second kappa shape index (κ2) is 7.97. The van der Waals surface area contributed by atoms with E-state index in [9.17, 15) is 0 Å². The summed E-state index contributed by atoms with van der Waals surface area (Å²) in [7, 11) is 1.61. The fourth-order valence-corrected chi connectivity index (χ4v) is 2.63. The van der Waals surface area contributed by atoms with E-state index < -0.39 is 0 Å². The molecule has 3 aromatic rings. The van der Waals surface area contributed by atoms with Gasteiger partial charge in [-0.05, 0) is 49.8 Å². The van der Waals surface area contributed by atoms with E-state index >= 15 is 0 Å². The molecule has 2 aromatic carbocycles. The van der Waals surface area contributed by atoms with Crippen LogP contribution >= 0.6 is 12.2 Å². The number of methoxy groups -OCH3 is 1. The molecule has 0 aliphatic heterocycles. The summed E-state index contributed by atoms with van der Waals surface area (Å²) in [4.78, 5) is 0. The van der Waals surface area contributed by atoms with E-state index in [1.807, 2.05) is 56.3 Å². The SMILES string of the molecule is CCOc1ccc(/C=N/n2c(-c3ccc(C)cc3)n[nH]c2=S)cc1OC. The number of hydrogen-bond acceptors (Lipinski definition) is 5. The van der Waals surface area contributed by atoms with Gasteiger partial charge in [0.15, 0.2) is 17.3 Å². The molecule has 0 amide bonds. The van der Waals surface area contributed by atoms with Crippen LogP contribution in [0.15, 0.2) is 47.6 Å². The molecular weight excluding hydrogens is 348 g/mol. The fraction of sp³-hybridized carbons (Fsp3) is 0.211. The molecule has 0 unspecified atom stereocenters. The molecule has 0 radical (unpaired) electrons. The number of benzene rings is 2. The first-order chi connectivity index (χ1) is 12.6. The molecule has 0 fully saturated rings. The van der Waals surface area contributed by atoms with E-state index in [0.717, 1.165) is 11.1 Å². The summed E-state index contributed by atoms with van der Waals surface area (Å²) in [6, 6.07) is 13.7. The Morgan fingerprint density at radius 3 is 2.65 bits per heavy atom. The van der Waals surface area contributed by atoms with E-state index in [1.54, 1.807) is 18.0 Å². The maximum atomic E-state index is 5.53. The second-order valence-electron chi connectivity index (χ2n) is 5.62. The normalized spacial score (nSPS) is 11.0. The van der Waals surface area contributed by atoms with Crippen LogP contribution < -0.4 is 9.47 Å². The summed E-state index contributed by atoms with van der Waals surface area (Å²) in [5.41, 5.74) is 2.98. The third kappa shape index (κ3) is 3.83. The van der Waals surface area contributed by atoms with Gasteiger partial charge in [0.1, 0.15) is 0 Å². The van der Waals surface area contributed by atoms with E-state index in [2.05, 4.69) is 15.3 Å². The Morgan fingerprint density at radius 2 is 1.96 bits per heavy atom. The minimum Gasteiger partial charge on any atom is -0.493 e. The quantitative estimate of drug-likeness (QED) is 0.523. The van der Waals surface area contributed by atoms with E-state index in [1.165, 1.54) is 5.56 Å². The highest BCUT2D eigenvalue weighted by Gasteiger charge is 2.08. The summed E-state index contributed by atoms with van der Waals surface area (Å²) in [5, 5.41) is 11.6. The Bertz CT molecular complexity index is 974. The van der Waals surface area contributed by atoms with Gasteiger partial charge < -0.3 is 9.47 Å². The number of aromatic nitrogens is 3. The van der Waals surface area contributed by atoms with Crippen molar-refractivity contribution in [1.82, 2.24) is 14.9 Å². The van der Waals surface area contributed by atoms with Crippen LogP contribution in [0.4, 0.5) is 0 Å². The van der Waals surface area contributed by atoms with Crippen LogP contribution in [0.3, 0.4) is 0 Å². The van der Waals surface area contributed by atoms with Gasteiger partial charge in [0.05, 0.1) is 19.9 Å². The first-order valence-corrected chi connectivity index (χ1v) is 8.63. The minimum atomic E-state index is 0.426. The molecule has 134 valence electrons. The van der Waals surface area contributed by atoms with Gasteiger partial charge in [-0.1, -0.05) is 29.8 Å². The number of ether oxygens (including phenoxy) is 2. The lowest BCUT2D eigenvalue weighted by atomic mass is 10.1. The van der Waals surface area contributed by atoms with Crippen molar-refractivity contribution in [2.45, 2.75) is 13.8 Å². The number of H-pyrrole nitrogens is 1. The molecule has 0 aliphatic rings. The molecule has 3 rings (SSSR count). The predicted molar refractivity (Wildman–Crippen MR) is 105 cm³/mol. The van der Waals surface area contributed by atoms with Crippen molar-refractivity contribution in [3.05, 3.63) is 58.4 Å². The molecule has 0 saturated carbocycles. The predicted octanol–water partition coefficient (Wildman–Crippen LogP) is 4.21. The van der Waals surface area contributed by atoms with E-state index in [0.29, 0.717) is 28.7 Å². The Morgan fingerprint density at radius 1 is 1.19 bits per heavy atom. The lowest BCUT2D eigenvalue weighted by Crippen LogP contribution is -1.97. The molecule has 1 aromatic heterocycles. The zero-order valence-electron chi connectivity index (χ0n) is 14.9. The molecule has 1 heterocycles. The van der Waals surface area contributed by atoms with Gasteiger partial charge in [0, 0.05) is 5.56 Å². The summed E-state index contributed by atoms with van der Waals surface area (Å²) in [5.74, 6) is 2.02. The Hall–Kier alpha value is -2.93. The summed E-state index contributed by atoms with van der Waals surface area (Å²) in [6.07, 6.45) is 1.71. The van der Waals surface area contributed by atoms with Crippen molar-refractivity contribution in [3.63, 3.8) is 0 Å². The molecule has 0 bridgehead atoms. The fourth-order valence-electron chi connectivity index (χ4n) is 2.45. The summed E-state index contributed by atoms with van der Waals surface area (Å²) < 4.78 is 12.9. The van der Waals surface area contributed by atoms with Gasteiger partial charge in [-0.25, -0.2) is 5.10 Å². The van der Waals surface area contributed by atoms with Crippen LogP contribution in [0.5, 0.6) is 11.5 Å². The topological polar surface area (TPSA) is 64.4 Å². The molecule has 7 heteroatoms. The van der Waals surface area contributed by atoms with Crippen molar-refractivity contribution in [2.75, 3.05) is 13.7 Å². The third-order valence-electron chi connectivity index (χ3n) is 3.77. The summed E-state index contributed by atoms with van der Waals surface area (Å²) >= 11 is 5.30. The smallest absolute Gasteiger partial charge is 0.216 e. The van der Waals surface area contributed by atoms with Crippen LogP contribution in [-0.2, 0) is 0 Å². The Kier molecular flexibility index (Phi) is 5.48. The average molecular weight is 368 g/mol. The largest absolute Gasteiger partial charge is 0.493 e. The number of aryl methyl sites for hydroxylation is 1. The molecule has 6 nitrogen and oxygen atoms in total. The van der Waals surface area contributed by atoms with Crippen LogP contribution in [-0.4, -0.2) is 34.8 Å². The number of rotatable bonds is 6. The van der Waals surface area contributed by atoms with Crippen LogP contribution in [0.25, 0.3) is 11.4 Å². The highest BCUT2D eigenvalue weighted by Crippen LogP contribution is 2.27. The number of aromatic amines is 1. The molecule has 26 heavy (non-hydrogen) atoms. The number of nitrogens with one attached hydrogen (secondary N) is 1. The monoisotopic (exact) mass is 368 g/mol. The highest BCUT2D eigenvalue weighted by molar-refractivity contribution is 7.71. The van der Waals surface area contributed by atoms with Crippen LogP contribution in [0.2, 0.25) is 0 Å². The molecule has 0 atom stereocenters. The first-order valence-electron chi connectivity index (χ1n) is 8.22. The van der Waals surface area contributed by atoms with Gasteiger partial charge in [0.2, 0.25) is 4.77 Å². The van der Waals surface area contributed by atoms with Gasteiger partial charge in [-0.15, -0.1) is 0 Å². The maximum Gasteiger partial charge on any atom is 0.216 e. The number of hydrogen-bond donors (Lipinski definition) is 1. The zero-order chi connectivity index (χ0) is 18.5. The van der Waals surface area contributed by atoms with Crippen molar-refractivity contribution in [2.24, 2.45) is 5.10 Å². The molecule has 0 aliphatic carbocycles. The van der Waals surface area contributed by atoms with Crippen molar-refractivity contribution in [3.8, 4) is 22.9 Å². The lowest BCUT2D eigenvalue weighted by Gasteiger charge is -2.09. The molecule has 1 N–H and O–H groups in total. The standard InChI is InChI=1S/C19H20N4O2S/c1-4-25-16-10-7-14(11-17(16)24-3)12-20-23-18(21-22-19(23)26)15-8-5-13(2)6-9-15/h5-12H,4H2,1-3H3,(H,22,26)/b20-12+. The Labute approximate surface area is 157 Å². The Balaban J connectivity index is 1.93. The number of nitrogens with zero attached hydrogens (tertiary/aromatic N) is 3. The molecule has 0 spiro atoms. The van der Waals surface area contributed by atoms with Gasteiger partial charge in [-0.3, -0.25) is 0 Å². The second-order valence-corrected chi connectivity index (χ2v) is 6.00. The molecular formula is C19H20N4O2S. The van der Waals surface area contributed by atoms with Crippen molar-refractivity contribution in [1.29, 1.82) is 0 Å². The van der Waals surface area contributed by atoms with Gasteiger partial charge in [-0.2, -0.15) is 14.9 Å². The van der Waals surface area contributed by atoms with E-state index in [4.69, 9.17) is 21.7 Å². The average Bonchev–Trinajstić information content (AvgIpc) is 3.02. The van der Waals surface area contributed by atoms with Crippen molar-refractivity contribution >= 4 is 18.4 Å². The third-order valence-corrected chi connectivity index (χ3v) is 4.03. The van der Waals surface area contributed by atoms with Crippen molar-refractivity contribution < 1.29 is 9.47 Å². The zero-order valence-corrected chi connectivity index (χ0v) is 15.7. The molecule has 0 saturated heterocycles. The summed E-state index contributed by atoms with van der Waals surface area (Å²) in [6.45, 7) is 4.55. The maximum absolute atomic E-state index is 5.53. The minimum absolute atomic E-state index is 0.426. The lowest BCUT2D eigenvalue weighted by molar-refractivity contribution is 0.311. The highest BCUT2D eigenvalue weighted by atomic mass is 32.1.